The molecule has 0 aliphatic heterocycles. The molecular formula is C11H15NO2. The minimum Gasteiger partial charge on any atom is -0.493 e. The van der Waals surface area contributed by atoms with Crippen molar-refractivity contribution in [2.24, 2.45) is 0 Å². The van der Waals surface area contributed by atoms with Crippen molar-refractivity contribution < 1.29 is 9.84 Å². The Labute approximate surface area is 83.7 Å². The van der Waals surface area contributed by atoms with Crippen molar-refractivity contribution in [2.75, 3.05) is 6.61 Å². The second kappa shape index (κ2) is 3.96. The molecule has 1 aliphatic rings. The molecule has 0 bridgehead atoms. The first-order chi connectivity index (χ1) is 6.83. The van der Waals surface area contributed by atoms with Crippen LogP contribution < -0.4 is 4.74 Å². The predicted molar refractivity (Wildman–Crippen MR) is 53.3 cm³/mol. The van der Waals surface area contributed by atoms with Crippen molar-refractivity contribution in [2.45, 2.75) is 32.3 Å². The van der Waals surface area contributed by atoms with Gasteiger partial charge in [0.25, 0.3) is 0 Å². The molecule has 1 heterocycles. The van der Waals surface area contributed by atoms with Crippen LogP contribution in [-0.2, 0) is 6.42 Å². The summed E-state index contributed by atoms with van der Waals surface area (Å²) in [5.74, 6) is 0.885. The summed E-state index contributed by atoms with van der Waals surface area (Å²) in [5.41, 5.74) is 1.90. The molecule has 3 heteroatoms. The molecule has 3 nitrogen and oxygen atoms in total. The van der Waals surface area contributed by atoms with Gasteiger partial charge in [0.2, 0.25) is 0 Å². The van der Waals surface area contributed by atoms with Crippen LogP contribution in [0.15, 0.2) is 12.3 Å². The number of nitrogens with zero attached hydrogens (tertiary/aromatic N) is 1. The normalized spacial score (nSPS) is 20.3. The van der Waals surface area contributed by atoms with E-state index in [1.807, 2.05) is 13.0 Å². The first kappa shape index (κ1) is 9.46. The van der Waals surface area contributed by atoms with Crippen LogP contribution in [0.1, 0.15) is 37.1 Å². The van der Waals surface area contributed by atoms with Crippen molar-refractivity contribution in [3.05, 3.63) is 23.5 Å². The molecule has 1 aromatic rings. The minimum atomic E-state index is -0.404. The highest BCUT2D eigenvalue weighted by Crippen LogP contribution is 2.33. The molecule has 0 fully saturated rings. The second-order valence-electron chi connectivity index (χ2n) is 3.51. The topological polar surface area (TPSA) is 42.4 Å². The van der Waals surface area contributed by atoms with Gasteiger partial charge in [-0.2, -0.15) is 0 Å². The Balaban J connectivity index is 2.39. The number of ether oxygens (including phenoxy) is 1. The fraction of sp³-hybridized carbons (Fsp3) is 0.545. The number of aliphatic hydroxyl groups excluding tert-OH is 1. The molecule has 1 aliphatic carbocycles. The Morgan fingerprint density at radius 2 is 2.50 bits per heavy atom. The van der Waals surface area contributed by atoms with Crippen LogP contribution in [0.3, 0.4) is 0 Å². The summed E-state index contributed by atoms with van der Waals surface area (Å²) in [4.78, 5) is 4.21. The zero-order valence-electron chi connectivity index (χ0n) is 8.36. The Morgan fingerprint density at radius 1 is 1.64 bits per heavy atom. The maximum absolute atomic E-state index is 9.74. The van der Waals surface area contributed by atoms with Gasteiger partial charge in [-0.15, -0.1) is 0 Å². The third-order valence-corrected chi connectivity index (χ3v) is 2.57. The van der Waals surface area contributed by atoms with E-state index in [0.29, 0.717) is 6.61 Å². The predicted octanol–water partition coefficient (Wildman–Crippen LogP) is 1.85. The van der Waals surface area contributed by atoms with Gasteiger partial charge in [-0.25, -0.2) is 0 Å². The molecule has 14 heavy (non-hydrogen) atoms. The lowest BCUT2D eigenvalue weighted by molar-refractivity contribution is 0.150. The number of pyridine rings is 1. The molecular weight excluding hydrogens is 178 g/mol. The molecule has 0 saturated carbocycles. The van der Waals surface area contributed by atoms with E-state index in [4.69, 9.17) is 4.74 Å². The summed E-state index contributed by atoms with van der Waals surface area (Å²) in [6, 6.07) is 1.88. The highest BCUT2D eigenvalue weighted by atomic mass is 16.5. The first-order valence-electron chi connectivity index (χ1n) is 5.11. The zero-order valence-corrected chi connectivity index (χ0v) is 8.36. The number of hydrogen-bond acceptors (Lipinski definition) is 3. The molecule has 0 amide bonds. The Hall–Kier alpha value is -1.09. The zero-order chi connectivity index (χ0) is 9.97. The van der Waals surface area contributed by atoms with Crippen LogP contribution in [-0.4, -0.2) is 16.7 Å². The summed E-state index contributed by atoms with van der Waals surface area (Å²) in [6.45, 7) is 2.62. The Kier molecular flexibility index (Phi) is 2.68. The summed E-state index contributed by atoms with van der Waals surface area (Å²) in [6.07, 6.45) is 4.10. The molecule has 1 N–H and O–H groups in total. The van der Waals surface area contributed by atoms with Gasteiger partial charge in [0, 0.05) is 11.8 Å². The van der Waals surface area contributed by atoms with Gasteiger partial charge >= 0.3 is 0 Å². The first-order valence-corrected chi connectivity index (χ1v) is 5.11. The standard InChI is InChI=1S/C11H15NO2/c1-2-14-10-6-7-12-11-8(10)4-3-5-9(11)13/h6-7,9,13H,2-5H2,1H3. The van der Waals surface area contributed by atoms with Crippen molar-refractivity contribution in [3.8, 4) is 5.75 Å². The highest BCUT2D eigenvalue weighted by molar-refractivity contribution is 5.38. The molecule has 76 valence electrons. The van der Waals surface area contributed by atoms with E-state index >= 15 is 0 Å². The lowest BCUT2D eigenvalue weighted by Crippen LogP contribution is -2.12. The van der Waals surface area contributed by atoms with Crippen LogP contribution in [0.2, 0.25) is 0 Å². The number of aliphatic hydroxyl groups is 1. The van der Waals surface area contributed by atoms with Crippen LogP contribution in [0.4, 0.5) is 0 Å². The minimum absolute atomic E-state index is 0.404. The van der Waals surface area contributed by atoms with Gasteiger partial charge in [0.15, 0.2) is 0 Å². The number of fused-ring (bicyclic) bond motifs is 1. The van der Waals surface area contributed by atoms with E-state index in [-0.39, 0.29) is 0 Å². The van der Waals surface area contributed by atoms with E-state index in [2.05, 4.69) is 4.98 Å². The van der Waals surface area contributed by atoms with Crippen molar-refractivity contribution in [1.29, 1.82) is 0 Å². The van der Waals surface area contributed by atoms with Crippen LogP contribution in [0, 0.1) is 0 Å². The van der Waals surface area contributed by atoms with Crippen LogP contribution in [0.25, 0.3) is 0 Å². The average molecular weight is 193 g/mol. The van der Waals surface area contributed by atoms with Gasteiger partial charge in [-0.05, 0) is 32.3 Å². The monoisotopic (exact) mass is 193 g/mol. The summed E-state index contributed by atoms with van der Waals surface area (Å²) >= 11 is 0. The smallest absolute Gasteiger partial charge is 0.125 e. The SMILES string of the molecule is CCOc1ccnc2c1CCCC2O. The second-order valence-corrected chi connectivity index (χ2v) is 3.51. The molecule has 0 aromatic carbocycles. The summed E-state index contributed by atoms with van der Waals surface area (Å²) in [7, 11) is 0. The largest absolute Gasteiger partial charge is 0.493 e. The molecule has 0 spiro atoms. The van der Waals surface area contributed by atoms with E-state index in [1.165, 1.54) is 0 Å². The third kappa shape index (κ3) is 1.60. The van der Waals surface area contributed by atoms with Gasteiger partial charge < -0.3 is 9.84 Å². The average Bonchev–Trinajstić information content (AvgIpc) is 2.20. The lowest BCUT2D eigenvalue weighted by Gasteiger charge is -2.22. The third-order valence-electron chi connectivity index (χ3n) is 2.57. The number of hydrogen-bond donors (Lipinski definition) is 1. The van der Waals surface area contributed by atoms with Crippen LogP contribution >= 0.6 is 0 Å². The maximum Gasteiger partial charge on any atom is 0.125 e. The van der Waals surface area contributed by atoms with E-state index < -0.39 is 6.10 Å². The molecule has 1 atom stereocenters. The van der Waals surface area contributed by atoms with Crippen molar-refractivity contribution in [3.63, 3.8) is 0 Å². The van der Waals surface area contributed by atoms with Gasteiger partial charge in [0.05, 0.1) is 18.4 Å². The Morgan fingerprint density at radius 3 is 3.29 bits per heavy atom. The van der Waals surface area contributed by atoms with Crippen molar-refractivity contribution >= 4 is 0 Å². The fourth-order valence-electron chi connectivity index (χ4n) is 1.93. The summed E-state index contributed by atoms with van der Waals surface area (Å²) in [5, 5.41) is 9.74. The van der Waals surface area contributed by atoms with Crippen molar-refractivity contribution in [1.82, 2.24) is 4.98 Å². The molecule has 1 unspecified atom stereocenters. The van der Waals surface area contributed by atoms with E-state index in [0.717, 1.165) is 36.3 Å². The highest BCUT2D eigenvalue weighted by Gasteiger charge is 2.22. The van der Waals surface area contributed by atoms with Gasteiger partial charge in [-0.1, -0.05) is 0 Å². The number of rotatable bonds is 2. The summed E-state index contributed by atoms with van der Waals surface area (Å²) < 4.78 is 5.50. The van der Waals surface area contributed by atoms with E-state index in [1.54, 1.807) is 6.20 Å². The molecule has 2 rings (SSSR count). The fourth-order valence-corrected chi connectivity index (χ4v) is 1.93. The maximum atomic E-state index is 9.74. The molecule has 0 radical (unpaired) electrons. The van der Waals surface area contributed by atoms with Gasteiger partial charge in [-0.3, -0.25) is 4.98 Å². The quantitative estimate of drug-likeness (QED) is 0.779. The molecule has 0 saturated heterocycles. The van der Waals surface area contributed by atoms with Gasteiger partial charge in [0.1, 0.15) is 5.75 Å². The van der Waals surface area contributed by atoms with Crippen LogP contribution in [0.5, 0.6) is 5.75 Å². The number of aromatic nitrogens is 1. The Bertz CT molecular complexity index is 325. The lowest BCUT2D eigenvalue weighted by atomic mass is 9.93. The van der Waals surface area contributed by atoms with E-state index in [9.17, 15) is 5.11 Å². The molecule has 1 aromatic heterocycles.